The van der Waals surface area contributed by atoms with Gasteiger partial charge in [0.2, 0.25) is 0 Å². The SMILES string of the molecule is CCn1ncnc1CNC(=O)N1CCC[C@H](Oc2ncccc2F)C1. The van der Waals surface area contributed by atoms with E-state index in [1.54, 1.807) is 9.58 Å². The molecule has 0 unspecified atom stereocenters. The van der Waals surface area contributed by atoms with Crippen molar-refractivity contribution in [3.63, 3.8) is 0 Å². The van der Waals surface area contributed by atoms with Crippen molar-refractivity contribution < 1.29 is 13.9 Å². The lowest BCUT2D eigenvalue weighted by atomic mass is 10.1. The van der Waals surface area contributed by atoms with Gasteiger partial charge in [0, 0.05) is 19.3 Å². The van der Waals surface area contributed by atoms with E-state index in [0.717, 1.165) is 12.8 Å². The summed E-state index contributed by atoms with van der Waals surface area (Å²) in [5.74, 6) is 0.185. The number of urea groups is 1. The summed E-state index contributed by atoms with van der Waals surface area (Å²) in [5.41, 5.74) is 0. The molecule has 1 atom stereocenters. The number of aryl methyl sites for hydroxylation is 1. The molecule has 2 aromatic rings. The van der Waals surface area contributed by atoms with E-state index in [0.29, 0.717) is 32.0 Å². The summed E-state index contributed by atoms with van der Waals surface area (Å²) in [7, 11) is 0. The highest BCUT2D eigenvalue weighted by Gasteiger charge is 2.26. The van der Waals surface area contributed by atoms with Crippen LogP contribution in [0.2, 0.25) is 0 Å². The van der Waals surface area contributed by atoms with E-state index < -0.39 is 5.82 Å². The van der Waals surface area contributed by atoms with E-state index in [4.69, 9.17) is 4.74 Å². The summed E-state index contributed by atoms with van der Waals surface area (Å²) < 4.78 is 21.0. The molecular weight excluding hydrogens is 327 g/mol. The molecule has 0 bridgehead atoms. The molecule has 1 N–H and O–H groups in total. The maximum absolute atomic E-state index is 13.7. The van der Waals surface area contributed by atoms with Crippen LogP contribution in [-0.4, -0.2) is 49.9 Å². The maximum Gasteiger partial charge on any atom is 0.317 e. The molecule has 0 saturated carbocycles. The van der Waals surface area contributed by atoms with Crippen LogP contribution in [0.5, 0.6) is 5.88 Å². The number of likely N-dealkylation sites (tertiary alicyclic amines) is 1. The highest BCUT2D eigenvalue weighted by Crippen LogP contribution is 2.19. The molecule has 25 heavy (non-hydrogen) atoms. The molecule has 2 amide bonds. The third kappa shape index (κ3) is 4.23. The topological polar surface area (TPSA) is 85.2 Å². The van der Waals surface area contributed by atoms with Gasteiger partial charge in [-0.2, -0.15) is 5.10 Å². The number of carbonyl (C=O) groups excluding carboxylic acids is 1. The number of halogens is 1. The third-order valence-electron chi connectivity index (χ3n) is 4.06. The van der Waals surface area contributed by atoms with Crippen molar-refractivity contribution in [2.24, 2.45) is 0 Å². The first-order valence-electron chi connectivity index (χ1n) is 8.34. The number of carbonyl (C=O) groups is 1. The quantitative estimate of drug-likeness (QED) is 0.887. The summed E-state index contributed by atoms with van der Waals surface area (Å²) in [4.78, 5) is 22.1. The summed E-state index contributed by atoms with van der Waals surface area (Å²) in [6.07, 6.45) is 4.22. The average molecular weight is 348 g/mol. The number of nitrogens with zero attached hydrogens (tertiary/aromatic N) is 5. The van der Waals surface area contributed by atoms with E-state index in [9.17, 15) is 9.18 Å². The Balaban J connectivity index is 1.54. The van der Waals surface area contributed by atoms with Crippen LogP contribution in [0.4, 0.5) is 9.18 Å². The monoisotopic (exact) mass is 348 g/mol. The number of hydrogen-bond acceptors (Lipinski definition) is 5. The van der Waals surface area contributed by atoms with Crippen molar-refractivity contribution in [1.29, 1.82) is 0 Å². The number of hydrogen-bond donors (Lipinski definition) is 1. The first kappa shape index (κ1) is 17.1. The number of piperidine rings is 1. The fraction of sp³-hybridized carbons (Fsp3) is 0.500. The van der Waals surface area contributed by atoms with Crippen molar-refractivity contribution in [1.82, 2.24) is 30.0 Å². The fourth-order valence-electron chi connectivity index (χ4n) is 2.79. The Labute approximate surface area is 145 Å². The zero-order chi connectivity index (χ0) is 17.6. The Morgan fingerprint density at radius 1 is 1.48 bits per heavy atom. The second-order valence-corrected chi connectivity index (χ2v) is 5.77. The number of ether oxygens (including phenoxy) is 1. The minimum absolute atomic E-state index is 0.0224. The van der Waals surface area contributed by atoms with Crippen molar-refractivity contribution in [3.8, 4) is 5.88 Å². The zero-order valence-electron chi connectivity index (χ0n) is 14.1. The van der Waals surface area contributed by atoms with Gasteiger partial charge >= 0.3 is 6.03 Å². The molecule has 1 saturated heterocycles. The fourth-order valence-corrected chi connectivity index (χ4v) is 2.79. The Bertz CT molecular complexity index is 722. The molecule has 0 radical (unpaired) electrons. The van der Waals surface area contributed by atoms with Crippen molar-refractivity contribution in [2.45, 2.75) is 39.0 Å². The molecule has 3 rings (SSSR count). The molecule has 1 aliphatic rings. The van der Waals surface area contributed by atoms with E-state index in [-0.39, 0.29) is 18.0 Å². The standard InChI is InChI=1S/C16H21FN6O2/c1-2-23-14(20-11-21-23)9-19-16(24)22-8-4-5-12(10-22)25-15-13(17)6-3-7-18-15/h3,6-7,11-12H,2,4-5,8-10H2,1H3,(H,19,24)/t12-/m0/s1. The number of nitrogens with one attached hydrogen (secondary N) is 1. The van der Waals surface area contributed by atoms with E-state index in [2.05, 4.69) is 20.4 Å². The zero-order valence-corrected chi connectivity index (χ0v) is 14.1. The molecule has 0 spiro atoms. The largest absolute Gasteiger partial charge is 0.470 e. The number of aromatic nitrogens is 4. The minimum Gasteiger partial charge on any atom is -0.470 e. The Morgan fingerprint density at radius 2 is 2.36 bits per heavy atom. The minimum atomic E-state index is -0.497. The number of rotatable bonds is 5. The van der Waals surface area contributed by atoms with Crippen molar-refractivity contribution in [3.05, 3.63) is 36.3 Å². The van der Waals surface area contributed by atoms with Crippen LogP contribution >= 0.6 is 0 Å². The predicted octanol–water partition coefficient (Wildman–Crippen LogP) is 1.59. The Kier molecular flexibility index (Phi) is 5.42. The second-order valence-electron chi connectivity index (χ2n) is 5.77. The van der Waals surface area contributed by atoms with E-state index in [1.165, 1.54) is 24.7 Å². The first-order chi connectivity index (χ1) is 12.2. The molecule has 1 fully saturated rings. The lowest BCUT2D eigenvalue weighted by Crippen LogP contribution is -2.48. The molecule has 9 heteroatoms. The average Bonchev–Trinajstić information content (AvgIpc) is 3.09. The predicted molar refractivity (Wildman–Crippen MR) is 87.3 cm³/mol. The summed E-state index contributed by atoms with van der Waals surface area (Å²) in [5, 5.41) is 6.91. The van der Waals surface area contributed by atoms with Gasteiger partial charge in [-0.1, -0.05) is 0 Å². The van der Waals surface area contributed by atoms with Crippen LogP contribution in [0.25, 0.3) is 0 Å². The van der Waals surface area contributed by atoms with Crippen LogP contribution in [0.1, 0.15) is 25.6 Å². The van der Waals surface area contributed by atoms with Gasteiger partial charge in [0.1, 0.15) is 18.3 Å². The summed E-state index contributed by atoms with van der Waals surface area (Å²) in [6, 6.07) is 2.62. The third-order valence-corrected chi connectivity index (χ3v) is 4.06. The van der Waals surface area contributed by atoms with Crippen LogP contribution < -0.4 is 10.1 Å². The molecule has 2 aromatic heterocycles. The summed E-state index contributed by atoms with van der Waals surface area (Å²) in [6.45, 7) is 3.99. The molecular formula is C16H21FN6O2. The molecule has 8 nitrogen and oxygen atoms in total. The number of pyridine rings is 1. The van der Waals surface area contributed by atoms with Gasteiger partial charge in [0.15, 0.2) is 5.82 Å². The van der Waals surface area contributed by atoms with E-state index >= 15 is 0 Å². The lowest BCUT2D eigenvalue weighted by Gasteiger charge is -2.32. The first-order valence-corrected chi connectivity index (χ1v) is 8.34. The molecule has 3 heterocycles. The van der Waals surface area contributed by atoms with Crippen LogP contribution in [0.3, 0.4) is 0 Å². The highest BCUT2D eigenvalue weighted by molar-refractivity contribution is 5.74. The van der Waals surface area contributed by atoms with Gasteiger partial charge in [0.25, 0.3) is 5.88 Å². The highest BCUT2D eigenvalue weighted by atomic mass is 19.1. The molecule has 0 aliphatic carbocycles. The van der Waals surface area contributed by atoms with Crippen molar-refractivity contribution >= 4 is 6.03 Å². The van der Waals surface area contributed by atoms with Gasteiger partial charge in [-0.25, -0.2) is 23.8 Å². The van der Waals surface area contributed by atoms with E-state index in [1.807, 2.05) is 6.92 Å². The molecule has 1 aliphatic heterocycles. The Morgan fingerprint density at radius 3 is 3.16 bits per heavy atom. The van der Waals surface area contributed by atoms with Crippen LogP contribution in [0, 0.1) is 5.82 Å². The van der Waals surface area contributed by atoms with Gasteiger partial charge in [-0.15, -0.1) is 0 Å². The van der Waals surface area contributed by atoms with Gasteiger partial charge in [-0.3, -0.25) is 0 Å². The van der Waals surface area contributed by atoms with Gasteiger partial charge < -0.3 is 15.0 Å². The normalized spacial score (nSPS) is 17.4. The van der Waals surface area contributed by atoms with Gasteiger partial charge in [-0.05, 0) is 31.9 Å². The molecule has 0 aromatic carbocycles. The summed E-state index contributed by atoms with van der Waals surface area (Å²) >= 11 is 0. The molecule has 134 valence electrons. The van der Waals surface area contributed by atoms with Gasteiger partial charge in [0.05, 0.1) is 13.1 Å². The van der Waals surface area contributed by atoms with Crippen LogP contribution in [0.15, 0.2) is 24.7 Å². The lowest BCUT2D eigenvalue weighted by molar-refractivity contribution is 0.0941. The maximum atomic E-state index is 13.7. The second kappa shape index (κ2) is 7.91. The van der Waals surface area contributed by atoms with Crippen molar-refractivity contribution in [2.75, 3.05) is 13.1 Å². The smallest absolute Gasteiger partial charge is 0.317 e. The number of amides is 2. The van der Waals surface area contributed by atoms with Crippen LogP contribution in [-0.2, 0) is 13.1 Å². The Hall–Kier alpha value is -2.71.